The van der Waals surface area contributed by atoms with Crippen molar-refractivity contribution in [3.63, 3.8) is 0 Å². The number of hydrogen-bond donors (Lipinski definition) is 1. The number of Topliss-reactive ketones (excluding diaryl/α,β-unsaturated/α-hetero) is 1. The van der Waals surface area contributed by atoms with Gasteiger partial charge in [0, 0.05) is 13.0 Å². The highest BCUT2D eigenvalue weighted by Crippen LogP contribution is 2.43. The molecule has 1 N–H and O–H groups in total. The Morgan fingerprint density at radius 3 is 0.984 bits per heavy atom. The molecule has 5 nitrogen and oxygen atoms in total. The van der Waals surface area contributed by atoms with Crippen molar-refractivity contribution < 1.29 is 37.3 Å². The summed E-state index contributed by atoms with van der Waals surface area (Å²) in [6, 6.07) is 0. The minimum Gasteiger partial charge on any atom is -0.393 e. The summed E-state index contributed by atoms with van der Waals surface area (Å²) < 4.78 is 48.2. The van der Waals surface area contributed by atoms with Crippen LogP contribution in [0.4, 0.5) is 13.2 Å². The topological polar surface area (TPSA) is 68.3 Å². The van der Waals surface area contributed by atoms with Crippen LogP contribution in [0.1, 0.15) is 221 Å². The zero-order valence-electron chi connectivity index (χ0n) is 45.9. The van der Waals surface area contributed by atoms with E-state index in [-0.39, 0.29) is 38.6 Å². The Bertz CT molecular complexity index is 907. The van der Waals surface area contributed by atoms with Crippen LogP contribution in [0, 0.1) is 65.1 Å². The van der Waals surface area contributed by atoms with E-state index in [0.717, 1.165) is 41.4 Å². The maximum absolute atomic E-state index is 11.4. The monoisotopic (exact) mass is 917 g/mol. The van der Waals surface area contributed by atoms with E-state index in [2.05, 4.69) is 121 Å². The number of hydrogen-bond acceptors (Lipinski definition) is 5. The van der Waals surface area contributed by atoms with Gasteiger partial charge in [-0.15, -0.1) is 13.2 Å². The smallest absolute Gasteiger partial charge is 0.393 e. The van der Waals surface area contributed by atoms with Gasteiger partial charge in [0.2, 0.25) is 0 Å². The molecule has 0 amide bonds. The number of ketones is 1. The number of aliphatic hydroxyl groups is 1. The van der Waals surface area contributed by atoms with E-state index in [0.29, 0.717) is 30.1 Å². The third-order valence-corrected chi connectivity index (χ3v) is 10.2. The van der Waals surface area contributed by atoms with E-state index in [1.54, 1.807) is 34.8 Å². The minimum absolute atomic E-state index is 0. The molecule has 1 heterocycles. The predicted octanol–water partition coefficient (Wildman–Crippen LogP) is 18.4. The quantitative estimate of drug-likeness (QED) is 0.184. The van der Waals surface area contributed by atoms with Crippen LogP contribution >= 0.6 is 0 Å². The summed E-state index contributed by atoms with van der Waals surface area (Å²) in [5.74, 6) is 8.00. The molecule has 3 fully saturated rings. The zero-order valence-corrected chi connectivity index (χ0v) is 45.9. The van der Waals surface area contributed by atoms with Gasteiger partial charge in [-0.1, -0.05) is 177 Å². The predicted molar refractivity (Wildman–Crippen MR) is 279 cm³/mol. The number of aliphatic hydroxyl groups excluding tert-OH is 1. The normalized spacial score (nSPS) is 21.2. The molecule has 63 heavy (non-hydrogen) atoms. The average Bonchev–Trinajstić information content (AvgIpc) is 4.09. The molecule has 390 valence electrons. The lowest BCUT2D eigenvalue weighted by Crippen LogP contribution is -2.25. The molecular formula is C55H119F3O5. The van der Waals surface area contributed by atoms with Gasteiger partial charge in [0.05, 0.1) is 30.5 Å². The second-order valence-corrected chi connectivity index (χ2v) is 19.5. The highest BCUT2D eigenvalue weighted by molar-refractivity contribution is 5.77. The summed E-state index contributed by atoms with van der Waals surface area (Å²) in [7, 11) is 1.74. The molecule has 0 aromatic rings. The van der Waals surface area contributed by atoms with Crippen molar-refractivity contribution >= 4 is 5.78 Å². The largest absolute Gasteiger partial charge is 0.522 e. The van der Waals surface area contributed by atoms with E-state index in [9.17, 15) is 18.0 Å². The number of carbonyl (C=O) groups is 1. The first-order valence-corrected chi connectivity index (χ1v) is 23.9. The lowest BCUT2D eigenvalue weighted by atomic mass is 10.1. The Kier molecular flexibility index (Phi) is 65.3. The number of epoxide rings is 1. The van der Waals surface area contributed by atoms with Crippen LogP contribution in [0.15, 0.2) is 24.3 Å². The van der Waals surface area contributed by atoms with Crippen LogP contribution in [0.25, 0.3) is 0 Å². The van der Waals surface area contributed by atoms with E-state index < -0.39 is 12.5 Å². The van der Waals surface area contributed by atoms with Crippen molar-refractivity contribution in [2.45, 2.75) is 258 Å². The van der Waals surface area contributed by atoms with E-state index in [1.165, 1.54) is 26.2 Å². The lowest BCUT2D eigenvalue weighted by molar-refractivity contribution is -0.344. The number of halogens is 3. The Balaban J connectivity index is -0.0000000741. The summed E-state index contributed by atoms with van der Waals surface area (Å²) in [4.78, 5) is 10.1. The molecule has 0 radical (unpaired) electrons. The van der Waals surface area contributed by atoms with Crippen LogP contribution < -0.4 is 0 Å². The molecule has 1 aliphatic heterocycles. The number of carbonyl (C=O) groups excluding carboxylic acids is 1. The van der Waals surface area contributed by atoms with Crippen LogP contribution in [-0.2, 0) is 19.0 Å². The molecule has 2 aliphatic carbocycles. The standard InChI is InChI=1S/C7H14.C6H11F3O.C6H12O.C6H14O.C6H12.C5H12O.C5H10O.C5H10.C4H8.C3H8.2CH4/c1-5(2)7-4-6(7)3;1-4(2)5(3)10-6(7,8)9;1-4(2)6-5(3)7-6;1-5(2)6(3)7-4;1-4-5-6(2)3;2*1-4(2)5(3)6;1-4-3-5(4)2;1-3-4-2;1-3-2;;/h5-7H,4H2,1-3H3;4-5H,1-3H3;4-6H,1-3H3;5-6H,1-4H3;2*4-6H,1-3H3;4H,1-3H3;4-5H,3H2,1-2H3;3-4H,1-2H3;3H2,1-2H3;2*1H4/b;;;;5-4+;;;;4-3-;;;. The highest BCUT2D eigenvalue weighted by Gasteiger charge is 2.36. The van der Waals surface area contributed by atoms with Crippen molar-refractivity contribution in [1.82, 2.24) is 0 Å². The Morgan fingerprint density at radius 1 is 0.667 bits per heavy atom. The van der Waals surface area contributed by atoms with Crippen molar-refractivity contribution in [2.75, 3.05) is 7.11 Å². The van der Waals surface area contributed by atoms with Gasteiger partial charge in [0.15, 0.2) is 0 Å². The van der Waals surface area contributed by atoms with E-state index >= 15 is 0 Å². The lowest BCUT2D eigenvalue weighted by Gasteiger charge is -2.17. The summed E-state index contributed by atoms with van der Waals surface area (Å²) in [5.41, 5.74) is 0. The van der Waals surface area contributed by atoms with E-state index in [1.807, 2.05) is 60.6 Å². The van der Waals surface area contributed by atoms with Crippen molar-refractivity contribution in [1.29, 1.82) is 0 Å². The summed E-state index contributed by atoms with van der Waals surface area (Å²) in [6.45, 7) is 55.0. The molecule has 8 heteroatoms. The van der Waals surface area contributed by atoms with Gasteiger partial charge in [0.1, 0.15) is 5.78 Å². The van der Waals surface area contributed by atoms with Gasteiger partial charge in [-0.05, 0) is 127 Å². The van der Waals surface area contributed by atoms with Gasteiger partial charge in [0.25, 0.3) is 0 Å². The van der Waals surface area contributed by atoms with Crippen LogP contribution in [0.2, 0.25) is 0 Å². The summed E-state index contributed by atoms with van der Waals surface area (Å²) in [6.07, 6.45) is 8.55. The number of alkyl halides is 3. The SMILES string of the molecule is C.C.C/C=C/C(C)C.C/C=C\C.CC(=O)C(C)C.CC(C)C(C)O.CC(C)C(C)OC(F)(F)F.CC(C)C1CC1C.CC(C)C1OC1C.CC1CC1C.CCC.COC(C)C(C)C. The second kappa shape index (κ2) is 50.2. The Labute approximate surface area is 396 Å². The van der Waals surface area contributed by atoms with Crippen LogP contribution in [0.3, 0.4) is 0 Å². The minimum atomic E-state index is -4.50. The molecule has 0 aromatic heterocycles. The third kappa shape index (κ3) is 78.3. The first-order valence-electron chi connectivity index (χ1n) is 23.9. The highest BCUT2D eigenvalue weighted by atomic mass is 19.4. The molecule has 1 saturated heterocycles. The van der Waals surface area contributed by atoms with Gasteiger partial charge in [-0.25, -0.2) is 0 Å². The molecule has 2 saturated carbocycles. The molecular weight excluding hydrogens is 798 g/mol. The molecule has 0 spiro atoms. The molecule has 9 unspecified atom stereocenters. The fourth-order valence-electron chi connectivity index (χ4n) is 3.69. The molecule has 0 bridgehead atoms. The number of rotatable bonds is 9. The number of ether oxygens (including phenoxy) is 3. The third-order valence-electron chi connectivity index (χ3n) is 10.2. The maximum atomic E-state index is 11.4. The van der Waals surface area contributed by atoms with Gasteiger partial charge in [-0.3, -0.25) is 9.53 Å². The maximum Gasteiger partial charge on any atom is 0.522 e. The molecule has 3 aliphatic rings. The molecule has 9 atom stereocenters. The fourth-order valence-corrected chi connectivity index (χ4v) is 3.69. The van der Waals surface area contributed by atoms with Crippen molar-refractivity contribution in [2.24, 2.45) is 65.1 Å². The molecule has 0 aromatic carbocycles. The van der Waals surface area contributed by atoms with Gasteiger partial charge in [-0.2, -0.15) is 0 Å². The fraction of sp³-hybridized carbons (Fsp3) is 0.909. The first kappa shape index (κ1) is 81.9. The number of allylic oxidation sites excluding steroid dienone is 4. The number of methoxy groups -OCH3 is 1. The first-order chi connectivity index (χ1) is 27.6. The Hall–Kier alpha value is -1.22. The average molecular weight is 918 g/mol. The Morgan fingerprint density at radius 2 is 0.968 bits per heavy atom. The summed E-state index contributed by atoms with van der Waals surface area (Å²) >= 11 is 0. The van der Waals surface area contributed by atoms with Gasteiger partial charge < -0.3 is 14.6 Å². The second-order valence-electron chi connectivity index (χ2n) is 19.5. The summed E-state index contributed by atoms with van der Waals surface area (Å²) in [5, 5.41) is 8.63. The molecule has 3 rings (SSSR count). The van der Waals surface area contributed by atoms with Crippen molar-refractivity contribution in [3.05, 3.63) is 24.3 Å². The van der Waals surface area contributed by atoms with Gasteiger partial charge >= 0.3 is 6.36 Å². The zero-order chi connectivity index (χ0) is 50.4. The van der Waals surface area contributed by atoms with E-state index in [4.69, 9.17) is 14.6 Å². The van der Waals surface area contributed by atoms with Crippen molar-refractivity contribution in [3.8, 4) is 0 Å². The van der Waals surface area contributed by atoms with Crippen LogP contribution in [-0.4, -0.2) is 54.9 Å². The van der Waals surface area contributed by atoms with Crippen LogP contribution in [0.5, 0.6) is 0 Å².